The van der Waals surface area contributed by atoms with Crippen LogP contribution in [0.3, 0.4) is 0 Å². The van der Waals surface area contributed by atoms with Crippen molar-refractivity contribution in [1.82, 2.24) is 0 Å². The van der Waals surface area contributed by atoms with Crippen LogP contribution in [0.5, 0.6) is 0 Å². The van der Waals surface area contributed by atoms with E-state index >= 15 is 0 Å². The van der Waals surface area contributed by atoms with Crippen molar-refractivity contribution in [3.05, 3.63) is 41.4 Å². The van der Waals surface area contributed by atoms with Gasteiger partial charge in [-0.25, -0.2) is 0 Å². The molecule has 0 saturated heterocycles. The first-order chi connectivity index (χ1) is 6.79. The highest BCUT2D eigenvalue weighted by molar-refractivity contribution is 6.25. The van der Waals surface area contributed by atoms with Crippen LogP contribution in [0.4, 0.5) is 5.69 Å². The smallest absolute Gasteiger partial charge is 0.101 e. The van der Waals surface area contributed by atoms with E-state index < -0.39 is 0 Å². The molecule has 0 unspecified atom stereocenters. The fourth-order valence-electron chi connectivity index (χ4n) is 1.20. The van der Waals surface area contributed by atoms with Gasteiger partial charge in [0.2, 0.25) is 0 Å². The normalized spacial score (nSPS) is 10.1. The standard InChI is InChI=1S/C11H11ClN2/c1-14(8-4-7-12)11-6-3-2-5-10(11)9-13/h2-7H,8H2,1H3. The Morgan fingerprint density at radius 2 is 2.21 bits per heavy atom. The second-order valence-corrected chi connectivity index (χ2v) is 3.12. The Kier molecular flexibility index (Phi) is 4.03. The average Bonchev–Trinajstić information content (AvgIpc) is 2.25. The third kappa shape index (κ3) is 2.51. The van der Waals surface area contributed by atoms with Crippen LogP contribution in [0.25, 0.3) is 0 Å². The van der Waals surface area contributed by atoms with E-state index in [1.54, 1.807) is 6.07 Å². The molecule has 0 radical (unpaired) electrons. The minimum absolute atomic E-state index is 0.679. The predicted molar refractivity (Wildman–Crippen MR) is 59.4 cm³/mol. The van der Waals surface area contributed by atoms with Crippen LogP contribution in [0.15, 0.2) is 35.9 Å². The van der Waals surface area contributed by atoms with E-state index in [1.807, 2.05) is 36.2 Å². The van der Waals surface area contributed by atoms with Crippen LogP contribution in [0.1, 0.15) is 5.56 Å². The molecule has 2 nitrogen and oxygen atoms in total. The highest BCUT2D eigenvalue weighted by Crippen LogP contribution is 2.17. The van der Waals surface area contributed by atoms with E-state index in [0.717, 1.165) is 5.69 Å². The van der Waals surface area contributed by atoms with Gasteiger partial charge in [-0.2, -0.15) is 5.26 Å². The van der Waals surface area contributed by atoms with Crippen molar-refractivity contribution in [2.24, 2.45) is 0 Å². The first kappa shape index (κ1) is 10.6. The van der Waals surface area contributed by atoms with Crippen LogP contribution in [-0.2, 0) is 0 Å². The Bertz CT molecular complexity index is 366. The summed E-state index contributed by atoms with van der Waals surface area (Å²) < 4.78 is 0. The summed E-state index contributed by atoms with van der Waals surface area (Å²) in [7, 11) is 1.92. The lowest BCUT2D eigenvalue weighted by molar-refractivity contribution is 1.03. The molecule has 0 saturated carbocycles. The van der Waals surface area contributed by atoms with Gasteiger partial charge in [0.25, 0.3) is 0 Å². The minimum Gasteiger partial charge on any atom is -0.370 e. The van der Waals surface area contributed by atoms with Gasteiger partial charge in [0.1, 0.15) is 6.07 Å². The zero-order valence-corrected chi connectivity index (χ0v) is 8.70. The second kappa shape index (κ2) is 5.31. The molecule has 0 aliphatic rings. The molecule has 0 aromatic heterocycles. The second-order valence-electron chi connectivity index (χ2n) is 2.87. The van der Waals surface area contributed by atoms with E-state index in [-0.39, 0.29) is 0 Å². The number of hydrogen-bond donors (Lipinski definition) is 0. The summed E-state index contributed by atoms with van der Waals surface area (Å²) in [4.78, 5) is 1.97. The van der Waals surface area contributed by atoms with Gasteiger partial charge in [0.15, 0.2) is 0 Å². The van der Waals surface area contributed by atoms with Gasteiger partial charge in [0, 0.05) is 19.1 Å². The first-order valence-electron chi connectivity index (χ1n) is 4.25. The lowest BCUT2D eigenvalue weighted by Crippen LogP contribution is -2.17. The van der Waals surface area contributed by atoms with E-state index in [2.05, 4.69) is 6.07 Å². The number of benzene rings is 1. The monoisotopic (exact) mass is 206 g/mol. The quantitative estimate of drug-likeness (QED) is 0.761. The van der Waals surface area contributed by atoms with Crippen LogP contribution in [0.2, 0.25) is 0 Å². The maximum atomic E-state index is 8.87. The van der Waals surface area contributed by atoms with Crippen LogP contribution in [0, 0.1) is 11.3 Å². The largest absolute Gasteiger partial charge is 0.370 e. The minimum atomic E-state index is 0.679. The molecule has 0 aliphatic carbocycles. The zero-order valence-electron chi connectivity index (χ0n) is 7.94. The van der Waals surface area contributed by atoms with E-state index in [4.69, 9.17) is 16.9 Å². The Morgan fingerprint density at radius 1 is 1.50 bits per heavy atom. The molecule has 0 aliphatic heterocycles. The van der Waals surface area contributed by atoms with E-state index in [1.165, 1.54) is 5.54 Å². The average molecular weight is 207 g/mol. The van der Waals surface area contributed by atoms with Crippen molar-refractivity contribution in [3.63, 3.8) is 0 Å². The highest BCUT2D eigenvalue weighted by Gasteiger charge is 2.03. The molecule has 0 spiro atoms. The number of rotatable bonds is 3. The lowest BCUT2D eigenvalue weighted by atomic mass is 10.2. The van der Waals surface area contributed by atoms with Crippen LogP contribution in [-0.4, -0.2) is 13.6 Å². The molecule has 0 amide bonds. The van der Waals surface area contributed by atoms with Crippen LogP contribution < -0.4 is 4.90 Å². The zero-order chi connectivity index (χ0) is 10.4. The van der Waals surface area contributed by atoms with Gasteiger partial charge in [-0.3, -0.25) is 0 Å². The maximum absolute atomic E-state index is 8.87. The SMILES string of the molecule is CN(CC=CCl)c1ccccc1C#N. The Morgan fingerprint density at radius 3 is 2.86 bits per heavy atom. The number of nitriles is 1. The molecule has 72 valence electrons. The third-order valence-corrected chi connectivity index (χ3v) is 2.08. The maximum Gasteiger partial charge on any atom is 0.101 e. The van der Waals surface area contributed by atoms with Crippen molar-refractivity contribution >= 4 is 17.3 Å². The van der Waals surface area contributed by atoms with Crippen molar-refractivity contribution in [2.75, 3.05) is 18.5 Å². The summed E-state index contributed by atoms with van der Waals surface area (Å²) in [6.45, 7) is 0.697. The Hall–Kier alpha value is -1.46. The Labute approximate surface area is 89.0 Å². The Balaban J connectivity index is 2.89. The highest BCUT2D eigenvalue weighted by atomic mass is 35.5. The number of para-hydroxylation sites is 1. The van der Waals surface area contributed by atoms with Gasteiger partial charge in [-0.1, -0.05) is 29.8 Å². The lowest BCUT2D eigenvalue weighted by Gasteiger charge is -2.17. The van der Waals surface area contributed by atoms with Crippen molar-refractivity contribution < 1.29 is 0 Å². The van der Waals surface area contributed by atoms with Gasteiger partial charge in [0.05, 0.1) is 11.3 Å². The molecule has 0 atom stereocenters. The topological polar surface area (TPSA) is 27.0 Å². The number of hydrogen-bond acceptors (Lipinski definition) is 2. The summed E-state index contributed by atoms with van der Waals surface area (Å²) >= 11 is 5.43. The van der Waals surface area contributed by atoms with Crippen molar-refractivity contribution in [1.29, 1.82) is 5.26 Å². The molecule has 0 heterocycles. The first-order valence-corrected chi connectivity index (χ1v) is 4.68. The van der Waals surface area contributed by atoms with E-state index in [9.17, 15) is 0 Å². The van der Waals surface area contributed by atoms with E-state index in [0.29, 0.717) is 12.1 Å². The number of nitrogens with zero attached hydrogens (tertiary/aromatic N) is 2. The predicted octanol–water partition coefficient (Wildman–Crippen LogP) is 2.75. The van der Waals surface area contributed by atoms with Crippen LogP contribution >= 0.6 is 11.6 Å². The van der Waals surface area contributed by atoms with Gasteiger partial charge >= 0.3 is 0 Å². The molecule has 0 bridgehead atoms. The fourth-order valence-corrected chi connectivity index (χ4v) is 1.28. The number of anilines is 1. The molecular weight excluding hydrogens is 196 g/mol. The van der Waals surface area contributed by atoms with Gasteiger partial charge in [-0.15, -0.1) is 0 Å². The number of halogens is 1. The molecule has 0 fully saturated rings. The van der Waals surface area contributed by atoms with Crippen molar-refractivity contribution in [2.45, 2.75) is 0 Å². The molecule has 3 heteroatoms. The third-order valence-electron chi connectivity index (χ3n) is 1.90. The molecule has 14 heavy (non-hydrogen) atoms. The molecule has 1 aromatic rings. The summed E-state index contributed by atoms with van der Waals surface area (Å²) in [6, 6.07) is 9.64. The molecule has 1 rings (SSSR count). The van der Waals surface area contributed by atoms with Crippen molar-refractivity contribution in [3.8, 4) is 6.07 Å². The molecule has 0 N–H and O–H groups in total. The summed E-state index contributed by atoms with van der Waals surface area (Å²) in [5.41, 5.74) is 3.08. The fraction of sp³-hybridized carbons (Fsp3) is 0.182. The summed E-state index contributed by atoms with van der Waals surface area (Å²) in [6.07, 6.45) is 1.83. The summed E-state index contributed by atoms with van der Waals surface area (Å²) in [5, 5.41) is 8.87. The summed E-state index contributed by atoms with van der Waals surface area (Å²) in [5.74, 6) is 0. The van der Waals surface area contributed by atoms with Gasteiger partial charge < -0.3 is 4.90 Å². The number of likely N-dealkylation sites (N-methyl/N-ethyl adjacent to an activating group) is 1. The molecular formula is C11H11ClN2. The van der Waals surface area contributed by atoms with Gasteiger partial charge in [-0.05, 0) is 12.1 Å². The molecule has 1 aromatic carbocycles.